The highest BCUT2D eigenvalue weighted by Crippen LogP contribution is 2.28. The number of ether oxygens (including phenoxy) is 2. The first kappa shape index (κ1) is 13.3. The third-order valence-electron chi connectivity index (χ3n) is 2.78. The molecule has 3 nitrogen and oxygen atoms in total. The van der Waals surface area contributed by atoms with Crippen molar-refractivity contribution in [2.45, 2.75) is 20.3 Å². The van der Waals surface area contributed by atoms with Gasteiger partial charge in [0.25, 0.3) is 0 Å². The van der Waals surface area contributed by atoms with Crippen LogP contribution in [0, 0.1) is 0 Å². The Kier molecular flexibility index (Phi) is 4.29. The number of rotatable bonds is 5. The topological polar surface area (TPSA) is 44.5 Å². The van der Waals surface area contributed by atoms with E-state index in [-0.39, 0.29) is 0 Å². The van der Waals surface area contributed by atoms with Gasteiger partial charge in [0.15, 0.2) is 0 Å². The minimum Gasteiger partial charge on any atom is -0.494 e. The van der Waals surface area contributed by atoms with Crippen molar-refractivity contribution < 1.29 is 9.47 Å². The summed E-state index contributed by atoms with van der Waals surface area (Å²) in [6.07, 6.45) is 1.02. The Morgan fingerprint density at radius 3 is 2.21 bits per heavy atom. The largest absolute Gasteiger partial charge is 0.494 e. The fourth-order valence-corrected chi connectivity index (χ4v) is 1.83. The molecule has 3 heteroatoms. The van der Waals surface area contributed by atoms with E-state index in [0.29, 0.717) is 18.0 Å². The summed E-state index contributed by atoms with van der Waals surface area (Å²) in [7, 11) is 0. The smallest absolute Gasteiger partial charge is 0.133 e. The van der Waals surface area contributed by atoms with Gasteiger partial charge in [0.05, 0.1) is 6.61 Å². The lowest BCUT2D eigenvalue weighted by Gasteiger charge is -2.10. The van der Waals surface area contributed by atoms with Crippen LogP contribution < -0.4 is 15.2 Å². The summed E-state index contributed by atoms with van der Waals surface area (Å²) < 4.78 is 11.2. The second kappa shape index (κ2) is 6.14. The van der Waals surface area contributed by atoms with Crippen LogP contribution in [0.3, 0.4) is 0 Å². The summed E-state index contributed by atoms with van der Waals surface area (Å²) in [6, 6.07) is 13.5. The molecule has 2 aromatic carbocycles. The van der Waals surface area contributed by atoms with Crippen molar-refractivity contribution in [3.8, 4) is 17.2 Å². The zero-order valence-corrected chi connectivity index (χ0v) is 11.3. The Balaban J connectivity index is 2.17. The molecule has 2 rings (SSSR count). The Bertz CT molecular complexity index is 535. The van der Waals surface area contributed by atoms with Crippen LogP contribution in [-0.2, 0) is 6.42 Å². The van der Waals surface area contributed by atoms with Gasteiger partial charge >= 0.3 is 0 Å². The van der Waals surface area contributed by atoms with Crippen LogP contribution in [0.1, 0.15) is 19.4 Å². The van der Waals surface area contributed by atoms with E-state index in [4.69, 9.17) is 15.2 Å². The van der Waals surface area contributed by atoms with Crippen molar-refractivity contribution >= 4 is 5.69 Å². The minimum atomic E-state index is 0.605. The monoisotopic (exact) mass is 257 g/mol. The van der Waals surface area contributed by atoms with Crippen LogP contribution in [0.2, 0.25) is 0 Å². The maximum absolute atomic E-state index is 5.83. The third kappa shape index (κ3) is 3.65. The highest BCUT2D eigenvalue weighted by Gasteiger charge is 2.02. The molecule has 0 aliphatic carbocycles. The molecule has 0 saturated heterocycles. The number of nitrogen functional groups attached to an aromatic ring is 1. The molecule has 0 aromatic heterocycles. The Labute approximate surface area is 114 Å². The second-order valence-electron chi connectivity index (χ2n) is 4.27. The van der Waals surface area contributed by atoms with E-state index in [2.05, 4.69) is 19.1 Å². The summed E-state index contributed by atoms with van der Waals surface area (Å²) in [6.45, 7) is 4.67. The van der Waals surface area contributed by atoms with E-state index in [0.717, 1.165) is 17.9 Å². The molecule has 0 aliphatic rings. The van der Waals surface area contributed by atoms with Crippen LogP contribution in [-0.4, -0.2) is 6.61 Å². The lowest BCUT2D eigenvalue weighted by molar-refractivity contribution is 0.338. The fraction of sp³-hybridized carbons (Fsp3) is 0.250. The Hall–Kier alpha value is -2.16. The summed E-state index contributed by atoms with van der Waals surface area (Å²) in [4.78, 5) is 0. The molecule has 100 valence electrons. The van der Waals surface area contributed by atoms with Gasteiger partial charge in [0, 0.05) is 23.9 Å². The first-order valence-electron chi connectivity index (χ1n) is 6.51. The van der Waals surface area contributed by atoms with Gasteiger partial charge in [-0.15, -0.1) is 0 Å². The molecule has 0 atom stereocenters. The minimum absolute atomic E-state index is 0.605. The molecular formula is C16H19NO2. The summed E-state index contributed by atoms with van der Waals surface area (Å²) >= 11 is 0. The van der Waals surface area contributed by atoms with Crippen LogP contribution in [0.4, 0.5) is 5.69 Å². The van der Waals surface area contributed by atoms with Gasteiger partial charge in [-0.3, -0.25) is 0 Å². The predicted molar refractivity (Wildman–Crippen MR) is 77.9 cm³/mol. The van der Waals surface area contributed by atoms with Gasteiger partial charge in [-0.2, -0.15) is 0 Å². The highest BCUT2D eigenvalue weighted by molar-refractivity contribution is 5.51. The maximum atomic E-state index is 5.83. The molecule has 0 radical (unpaired) electrons. The number of hydrogen-bond donors (Lipinski definition) is 1. The molecule has 0 fully saturated rings. The molecule has 19 heavy (non-hydrogen) atoms. The molecule has 0 amide bonds. The van der Waals surface area contributed by atoms with Crippen molar-refractivity contribution in [3.05, 3.63) is 48.0 Å². The highest BCUT2D eigenvalue weighted by atomic mass is 16.5. The number of benzene rings is 2. The van der Waals surface area contributed by atoms with Crippen molar-refractivity contribution in [2.75, 3.05) is 12.3 Å². The first-order chi connectivity index (χ1) is 9.21. The average molecular weight is 257 g/mol. The van der Waals surface area contributed by atoms with E-state index < -0.39 is 0 Å². The SMILES string of the molecule is CCOc1cc(N)cc(Oc2ccc(CC)cc2)c1. The molecule has 0 bridgehead atoms. The van der Waals surface area contributed by atoms with Crippen molar-refractivity contribution in [1.82, 2.24) is 0 Å². The van der Waals surface area contributed by atoms with Gasteiger partial charge in [0.1, 0.15) is 17.2 Å². The molecule has 0 saturated carbocycles. The van der Waals surface area contributed by atoms with Crippen molar-refractivity contribution in [3.63, 3.8) is 0 Å². The number of aryl methyl sites for hydroxylation is 1. The molecule has 2 N–H and O–H groups in total. The van der Waals surface area contributed by atoms with Gasteiger partial charge in [-0.05, 0) is 31.0 Å². The molecule has 0 unspecified atom stereocenters. The number of anilines is 1. The zero-order chi connectivity index (χ0) is 13.7. The summed E-state index contributed by atoms with van der Waals surface area (Å²) in [5, 5.41) is 0. The predicted octanol–water partition coefficient (Wildman–Crippen LogP) is 4.02. The molecule has 0 spiro atoms. The van der Waals surface area contributed by atoms with Gasteiger partial charge in [0.2, 0.25) is 0 Å². The zero-order valence-electron chi connectivity index (χ0n) is 11.3. The van der Waals surface area contributed by atoms with Crippen LogP contribution in [0.15, 0.2) is 42.5 Å². The standard InChI is InChI=1S/C16H19NO2/c1-3-12-5-7-14(8-6-12)19-16-10-13(17)9-15(11-16)18-4-2/h5-11H,3-4,17H2,1-2H3. The maximum Gasteiger partial charge on any atom is 0.133 e. The molecular weight excluding hydrogens is 238 g/mol. The van der Waals surface area contributed by atoms with Crippen LogP contribution >= 0.6 is 0 Å². The lowest BCUT2D eigenvalue weighted by atomic mass is 10.2. The van der Waals surface area contributed by atoms with E-state index in [1.165, 1.54) is 5.56 Å². The average Bonchev–Trinajstić information content (AvgIpc) is 2.39. The van der Waals surface area contributed by atoms with Crippen molar-refractivity contribution in [1.29, 1.82) is 0 Å². The van der Waals surface area contributed by atoms with Crippen LogP contribution in [0.5, 0.6) is 17.2 Å². The Morgan fingerprint density at radius 1 is 0.895 bits per heavy atom. The Morgan fingerprint density at radius 2 is 1.58 bits per heavy atom. The van der Waals surface area contributed by atoms with Crippen molar-refractivity contribution in [2.24, 2.45) is 0 Å². The third-order valence-corrected chi connectivity index (χ3v) is 2.78. The van der Waals surface area contributed by atoms with E-state index in [1.807, 2.05) is 25.1 Å². The molecule has 0 heterocycles. The summed E-state index contributed by atoms with van der Waals surface area (Å²) in [5.74, 6) is 2.21. The molecule has 0 aliphatic heterocycles. The normalized spacial score (nSPS) is 10.2. The molecule has 2 aromatic rings. The number of hydrogen-bond acceptors (Lipinski definition) is 3. The van der Waals surface area contributed by atoms with E-state index >= 15 is 0 Å². The van der Waals surface area contributed by atoms with E-state index in [9.17, 15) is 0 Å². The van der Waals surface area contributed by atoms with Crippen LogP contribution in [0.25, 0.3) is 0 Å². The first-order valence-corrected chi connectivity index (χ1v) is 6.51. The van der Waals surface area contributed by atoms with Gasteiger partial charge in [-0.25, -0.2) is 0 Å². The summed E-state index contributed by atoms with van der Waals surface area (Å²) in [5.41, 5.74) is 7.75. The number of nitrogens with two attached hydrogens (primary N) is 1. The lowest BCUT2D eigenvalue weighted by Crippen LogP contribution is -1.95. The van der Waals surface area contributed by atoms with E-state index in [1.54, 1.807) is 12.1 Å². The fourth-order valence-electron chi connectivity index (χ4n) is 1.83. The quantitative estimate of drug-likeness (QED) is 0.823. The second-order valence-corrected chi connectivity index (χ2v) is 4.27. The van der Waals surface area contributed by atoms with Gasteiger partial charge in [-0.1, -0.05) is 19.1 Å². The van der Waals surface area contributed by atoms with Gasteiger partial charge < -0.3 is 15.2 Å².